The van der Waals surface area contributed by atoms with Gasteiger partial charge in [0.25, 0.3) is 0 Å². The van der Waals surface area contributed by atoms with Gasteiger partial charge in [-0.15, -0.1) is 0 Å². The summed E-state index contributed by atoms with van der Waals surface area (Å²) in [6.07, 6.45) is 2.66. The highest BCUT2D eigenvalue weighted by Crippen LogP contribution is 2.12. The minimum Gasteiger partial charge on any atom is -0.478 e. The number of nitrogens with one attached hydrogen (secondary N) is 1. The SMILES string of the molecule is CCCOc1ccnc(NCc2ccc(Br)cc2)n1. The molecule has 0 saturated heterocycles. The molecule has 2 aromatic rings. The number of hydrogen-bond acceptors (Lipinski definition) is 4. The molecule has 0 atom stereocenters. The zero-order valence-electron chi connectivity index (χ0n) is 10.8. The van der Waals surface area contributed by atoms with E-state index >= 15 is 0 Å². The Morgan fingerprint density at radius 2 is 2.00 bits per heavy atom. The molecule has 0 aliphatic carbocycles. The van der Waals surface area contributed by atoms with Crippen LogP contribution in [0.4, 0.5) is 5.95 Å². The zero-order valence-corrected chi connectivity index (χ0v) is 12.4. The number of aromatic nitrogens is 2. The average molecular weight is 322 g/mol. The molecule has 5 heteroatoms. The third kappa shape index (κ3) is 4.52. The van der Waals surface area contributed by atoms with Crippen LogP contribution < -0.4 is 10.1 Å². The Balaban J connectivity index is 1.93. The van der Waals surface area contributed by atoms with Crippen molar-refractivity contribution in [3.8, 4) is 5.88 Å². The highest BCUT2D eigenvalue weighted by Gasteiger charge is 2.00. The summed E-state index contributed by atoms with van der Waals surface area (Å²) >= 11 is 3.41. The van der Waals surface area contributed by atoms with Crippen LogP contribution in [-0.4, -0.2) is 16.6 Å². The van der Waals surface area contributed by atoms with Crippen molar-refractivity contribution in [1.29, 1.82) is 0 Å². The Morgan fingerprint density at radius 3 is 2.74 bits per heavy atom. The highest BCUT2D eigenvalue weighted by atomic mass is 79.9. The molecule has 0 aliphatic heterocycles. The Bertz CT molecular complexity index is 516. The van der Waals surface area contributed by atoms with E-state index in [2.05, 4.69) is 50.3 Å². The smallest absolute Gasteiger partial charge is 0.226 e. The second kappa shape index (κ2) is 7.09. The Labute approximate surface area is 121 Å². The number of rotatable bonds is 6. The van der Waals surface area contributed by atoms with E-state index in [1.807, 2.05) is 12.1 Å². The molecule has 0 radical (unpaired) electrons. The maximum Gasteiger partial charge on any atom is 0.226 e. The van der Waals surface area contributed by atoms with Gasteiger partial charge in [0.15, 0.2) is 0 Å². The molecule has 1 heterocycles. The first kappa shape index (κ1) is 13.8. The number of hydrogen-bond donors (Lipinski definition) is 1. The van der Waals surface area contributed by atoms with Crippen molar-refractivity contribution in [3.05, 3.63) is 46.6 Å². The van der Waals surface area contributed by atoms with E-state index in [0.29, 0.717) is 25.0 Å². The standard InChI is InChI=1S/C14H16BrN3O/c1-2-9-19-13-7-8-16-14(18-13)17-10-11-3-5-12(15)6-4-11/h3-8H,2,9-10H2,1H3,(H,16,17,18). The average Bonchev–Trinajstić information content (AvgIpc) is 2.45. The molecule has 100 valence electrons. The van der Waals surface area contributed by atoms with Crippen LogP contribution in [-0.2, 0) is 6.54 Å². The molecular formula is C14H16BrN3O. The lowest BCUT2D eigenvalue weighted by Gasteiger charge is -2.07. The maximum absolute atomic E-state index is 5.47. The van der Waals surface area contributed by atoms with Crippen LogP contribution in [0.15, 0.2) is 41.0 Å². The zero-order chi connectivity index (χ0) is 13.5. The van der Waals surface area contributed by atoms with Crippen molar-refractivity contribution >= 4 is 21.9 Å². The monoisotopic (exact) mass is 321 g/mol. The van der Waals surface area contributed by atoms with Gasteiger partial charge in [0.05, 0.1) is 6.61 Å². The molecule has 0 saturated carbocycles. The summed E-state index contributed by atoms with van der Waals surface area (Å²) in [7, 11) is 0. The summed E-state index contributed by atoms with van der Waals surface area (Å²) in [4.78, 5) is 8.46. The second-order valence-electron chi connectivity index (χ2n) is 4.05. The van der Waals surface area contributed by atoms with Crippen molar-refractivity contribution < 1.29 is 4.74 Å². The van der Waals surface area contributed by atoms with Crippen molar-refractivity contribution in [2.75, 3.05) is 11.9 Å². The molecule has 2 rings (SSSR count). The number of ether oxygens (including phenoxy) is 1. The summed E-state index contributed by atoms with van der Waals surface area (Å²) in [5, 5.41) is 3.18. The fraction of sp³-hybridized carbons (Fsp3) is 0.286. The lowest BCUT2D eigenvalue weighted by molar-refractivity contribution is 0.305. The van der Waals surface area contributed by atoms with E-state index in [9.17, 15) is 0 Å². The van der Waals surface area contributed by atoms with Gasteiger partial charge in [-0.05, 0) is 24.1 Å². The van der Waals surface area contributed by atoms with Crippen molar-refractivity contribution in [3.63, 3.8) is 0 Å². The first-order chi connectivity index (χ1) is 9.28. The van der Waals surface area contributed by atoms with Gasteiger partial charge in [-0.3, -0.25) is 0 Å². The predicted octanol–water partition coefficient (Wildman–Crippen LogP) is 3.64. The molecule has 1 aromatic heterocycles. The van der Waals surface area contributed by atoms with E-state index in [4.69, 9.17) is 4.74 Å². The fourth-order valence-electron chi connectivity index (χ4n) is 1.50. The molecule has 0 aliphatic rings. The predicted molar refractivity (Wildman–Crippen MR) is 79.3 cm³/mol. The first-order valence-corrected chi connectivity index (χ1v) is 7.01. The number of benzene rings is 1. The maximum atomic E-state index is 5.47. The molecule has 0 amide bonds. The largest absolute Gasteiger partial charge is 0.478 e. The first-order valence-electron chi connectivity index (χ1n) is 6.22. The van der Waals surface area contributed by atoms with Crippen molar-refractivity contribution in [2.24, 2.45) is 0 Å². The van der Waals surface area contributed by atoms with E-state index in [1.54, 1.807) is 12.3 Å². The van der Waals surface area contributed by atoms with Crippen molar-refractivity contribution in [2.45, 2.75) is 19.9 Å². The van der Waals surface area contributed by atoms with Crippen LogP contribution in [0.3, 0.4) is 0 Å². The summed E-state index contributed by atoms with van der Waals surface area (Å²) in [5.41, 5.74) is 1.17. The fourth-order valence-corrected chi connectivity index (χ4v) is 1.76. The third-order valence-corrected chi connectivity index (χ3v) is 2.98. The van der Waals surface area contributed by atoms with Gasteiger partial charge in [-0.25, -0.2) is 4.98 Å². The van der Waals surface area contributed by atoms with Gasteiger partial charge in [-0.2, -0.15) is 4.98 Å². The summed E-state index contributed by atoms with van der Waals surface area (Å²) in [6, 6.07) is 9.89. The van der Waals surface area contributed by atoms with Crippen LogP contribution in [0, 0.1) is 0 Å². The van der Waals surface area contributed by atoms with Gasteiger partial charge in [-0.1, -0.05) is 35.0 Å². The quantitative estimate of drug-likeness (QED) is 0.882. The topological polar surface area (TPSA) is 47.0 Å². The Kier molecular flexibility index (Phi) is 5.15. The second-order valence-corrected chi connectivity index (χ2v) is 4.96. The van der Waals surface area contributed by atoms with Crippen LogP contribution in [0.5, 0.6) is 5.88 Å². The molecule has 0 bridgehead atoms. The van der Waals surface area contributed by atoms with E-state index in [1.165, 1.54) is 5.56 Å². The number of anilines is 1. The summed E-state index contributed by atoms with van der Waals surface area (Å²) in [5.74, 6) is 1.19. The van der Waals surface area contributed by atoms with Crippen LogP contribution in [0.2, 0.25) is 0 Å². The van der Waals surface area contributed by atoms with E-state index < -0.39 is 0 Å². The normalized spacial score (nSPS) is 10.2. The highest BCUT2D eigenvalue weighted by molar-refractivity contribution is 9.10. The van der Waals surface area contributed by atoms with Gasteiger partial charge >= 0.3 is 0 Å². The van der Waals surface area contributed by atoms with Crippen molar-refractivity contribution in [1.82, 2.24) is 9.97 Å². The molecule has 19 heavy (non-hydrogen) atoms. The van der Waals surface area contributed by atoms with Gasteiger partial charge in [0, 0.05) is 23.3 Å². The molecule has 0 spiro atoms. The summed E-state index contributed by atoms with van der Waals surface area (Å²) in [6.45, 7) is 3.42. The molecule has 0 unspecified atom stereocenters. The van der Waals surface area contributed by atoms with Crippen LogP contribution >= 0.6 is 15.9 Å². The van der Waals surface area contributed by atoms with Gasteiger partial charge < -0.3 is 10.1 Å². The van der Waals surface area contributed by atoms with Crippen LogP contribution in [0.25, 0.3) is 0 Å². The number of nitrogens with zero attached hydrogens (tertiary/aromatic N) is 2. The third-order valence-electron chi connectivity index (χ3n) is 2.45. The Hall–Kier alpha value is -1.62. The number of halogens is 1. The lowest BCUT2D eigenvalue weighted by Crippen LogP contribution is -2.05. The van der Waals surface area contributed by atoms with Gasteiger partial charge in [0.2, 0.25) is 11.8 Å². The molecule has 0 fully saturated rings. The minimum atomic E-state index is 0.580. The molecular weight excluding hydrogens is 306 g/mol. The molecule has 4 nitrogen and oxygen atoms in total. The minimum absolute atomic E-state index is 0.580. The van der Waals surface area contributed by atoms with Gasteiger partial charge in [0.1, 0.15) is 0 Å². The molecule has 1 N–H and O–H groups in total. The molecule has 1 aromatic carbocycles. The van der Waals surface area contributed by atoms with E-state index in [-0.39, 0.29) is 0 Å². The lowest BCUT2D eigenvalue weighted by atomic mass is 10.2. The Morgan fingerprint density at radius 1 is 1.21 bits per heavy atom. The van der Waals surface area contributed by atoms with E-state index in [0.717, 1.165) is 10.9 Å². The summed E-state index contributed by atoms with van der Waals surface area (Å²) < 4.78 is 6.54. The van der Waals surface area contributed by atoms with Crippen LogP contribution in [0.1, 0.15) is 18.9 Å².